The lowest BCUT2D eigenvalue weighted by Crippen LogP contribution is -2.42. The Labute approximate surface area is 258 Å². The minimum absolute atomic E-state index is 0.229. The maximum Gasteiger partial charge on any atom is 0.128 e. The number of nitriles is 1. The SMILES string of the molecule is C=C.CCC1(C(C)C)CCN(c2ccc(-c3nc(C(C=N)CNC4CCNCC4)cnc3/C(C#N)=C\N)cn2)CC1.CN. The van der Waals surface area contributed by atoms with E-state index in [1.54, 1.807) is 6.20 Å². The van der Waals surface area contributed by atoms with Gasteiger partial charge in [-0.2, -0.15) is 5.26 Å². The summed E-state index contributed by atoms with van der Waals surface area (Å²) in [5.74, 6) is 1.40. The van der Waals surface area contributed by atoms with Gasteiger partial charge >= 0.3 is 0 Å². The molecular weight excluding hydrogens is 536 g/mol. The molecule has 0 aliphatic carbocycles. The Morgan fingerprint density at radius 3 is 2.40 bits per heavy atom. The molecule has 234 valence electrons. The molecule has 2 aromatic heterocycles. The molecule has 4 heterocycles. The predicted octanol–water partition coefficient (Wildman–Crippen LogP) is 4.47. The van der Waals surface area contributed by atoms with Crippen LogP contribution in [0.1, 0.15) is 70.2 Å². The summed E-state index contributed by atoms with van der Waals surface area (Å²) in [4.78, 5) is 16.7. The van der Waals surface area contributed by atoms with Gasteiger partial charge in [-0.15, -0.1) is 13.2 Å². The average Bonchev–Trinajstić information content (AvgIpc) is 3.08. The number of aromatic nitrogens is 3. The van der Waals surface area contributed by atoms with E-state index in [0.29, 0.717) is 41.0 Å². The van der Waals surface area contributed by atoms with Crippen molar-refractivity contribution >= 4 is 17.6 Å². The van der Waals surface area contributed by atoms with Gasteiger partial charge < -0.3 is 32.4 Å². The van der Waals surface area contributed by atoms with Gasteiger partial charge in [0.15, 0.2) is 0 Å². The van der Waals surface area contributed by atoms with E-state index in [2.05, 4.69) is 66.2 Å². The first-order chi connectivity index (χ1) is 20.9. The monoisotopic (exact) mass is 588 g/mol. The Morgan fingerprint density at radius 1 is 1.21 bits per heavy atom. The Bertz CT molecular complexity index is 1190. The highest BCUT2D eigenvalue weighted by molar-refractivity contribution is 5.83. The highest BCUT2D eigenvalue weighted by Gasteiger charge is 2.36. The number of nitrogens with two attached hydrogens (primary N) is 2. The zero-order valence-corrected chi connectivity index (χ0v) is 26.6. The number of allylic oxidation sites excluding steroid dienone is 1. The summed E-state index contributed by atoms with van der Waals surface area (Å²) in [6, 6.07) is 6.60. The predicted molar refractivity (Wildman–Crippen MR) is 179 cm³/mol. The van der Waals surface area contributed by atoms with Crippen LogP contribution < -0.4 is 27.0 Å². The summed E-state index contributed by atoms with van der Waals surface area (Å²) >= 11 is 0. The van der Waals surface area contributed by atoms with Crippen LogP contribution in [0.25, 0.3) is 16.8 Å². The molecule has 1 atom stereocenters. The van der Waals surface area contributed by atoms with Crippen LogP contribution in [0, 0.1) is 28.1 Å². The summed E-state index contributed by atoms with van der Waals surface area (Å²) in [6.07, 6.45) is 11.8. The second-order valence-corrected chi connectivity index (χ2v) is 11.2. The molecule has 7 N–H and O–H groups in total. The Hall–Kier alpha value is -3.65. The molecule has 1 unspecified atom stereocenters. The number of anilines is 1. The molecule has 10 nitrogen and oxygen atoms in total. The third-order valence-corrected chi connectivity index (χ3v) is 8.91. The molecule has 2 aliphatic heterocycles. The van der Waals surface area contributed by atoms with Crippen LogP contribution in [0.3, 0.4) is 0 Å². The van der Waals surface area contributed by atoms with Crippen molar-refractivity contribution in [1.29, 1.82) is 10.7 Å². The fraction of sp³-hybridized carbons (Fsp3) is 0.545. The second-order valence-electron chi connectivity index (χ2n) is 11.2. The van der Waals surface area contributed by atoms with Crippen molar-refractivity contribution in [2.24, 2.45) is 22.8 Å². The smallest absolute Gasteiger partial charge is 0.128 e. The maximum absolute atomic E-state index is 9.68. The van der Waals surface area contributed by atoms with Crippen molar-refractivity contribution in [3.05, 3.63) is 55.3 Å². The lowest BCUT2D eigenvalue weighted by Gasteiger charge is -2.44. The van der Waals surface area contributed by atoms with E-state index in [0.717, 1.165) is 50.4 Å². The molecule has 0 spiro atoms. The van der Waals surface area contributed by atoms with Crippen LogP contribution in [0.2, 0.25) is 0 Å². The number of pyridine rings is 1. The van der Waals surface area contributed by atoms with Crippen molar-refractivity contribution in [1.82, 2.24) is 25.6 Å². The molecule has 4 rings (SSSR count). The molecule has 0 radical (unpaired) electrons. The van der Waals surface area contributed by atoms with Crippen LogP contribution in [0.15, 0.2) is 43.9 Å². The molecule has 0 bridgehead atoms. The van der Waals surface area contributed by atoms with E-state index in [1.165, 1.54) is 38.7 Å². The molecule has 10 heteroatoms. The molecule has 43 heavy (non-hydrogen) atoms. The summed E-state index contributed by atoms with van der Waals surface area (Å²) in [7, 11) is 1.50. The summed E-state index contributed by atoms with van der Waals surface area (Å²) < 4.78 is 0. The third kappa shape index (κ3) is 8.92. The van der Waals surface area contributed by atoms with Gasteiger partial charge in [0.2, 0.25) is 0 Å². The number of hydrogen-bond acceptors (Lipinski definition) is 10. The summed E-state index contributed by atoms with van der Waals surface area (Å²) in [5.41, 5.74) is 13.4. The fourth-order valence-electron chi connectivity index (χ4n) is 5.95. The Balaban J connectivity index is 0.00000155. The number of hydrogen-bond donors (Lipinski definition) is 5. The van der Waals surface area contributed by atoms with Crippen molar-refractivity contribution in [3.8, 4) is 17.3 Å². The molecular formula is C33H52N10. The zero-order chi connectivity index (χ0) is 31.8. The van der Waals surface area contributed by atoms with Crippen molar-refractivity contribution in [3.63, 3.8) is 0 Å². The maximum atomic E-state index is 9.68. The van der Waals surface area contributed by atoms with Gasteiger partial charge in [0.1, 0.15) is 17.6 Å². The van der Waals surface area contributed by atoms with Gasteiger partial charge in [0.25, 0.3) is 0 Å². The first kappa shape index (κ1) is 35.5. The van der Waals surface area contributed by atoms with E-state index in [-0.39, 0.29) is 11.5 Å². The standard InChI is InChI=1S/C30H43N9.C2H4.CH5N/c1-4-30(21(2)3)9-13-39(14-10-30)27-6-5-22(18-36-27)29-28(23(15-31)16-32)37-20-26(38-29)24(17-33)19-35-25-7-11-34-12-8-25;2*1-2/h5-6,15,17-18,20-21,24-25,33-35H,4,7-14,19,31H2,1-3H3;1-2H2;2H2,1H3/b23-15-,33-17?;;. The average molecular weight is 589 g/mol. The van der Waals surface area contributed by atoms with Gasteiger partial charge in [0.05, 0.1) is 17.0 Å². The number of rotatable bonds is 10. The Kier molecular flexibility index (Phi) is 15.0. The number of piperidine rings is 2. The van der Waals surface area contributed by atoms with Gasteiger partial charge in [-0.3, -0.25) is 4.98 Å². The van der Waals surface area contributed by atoms with Crippen LogP contribution in [-0.2, 0) is 0 Å². The van der Waals surface area contributed by atoms with E-state index < -0.39 is 0 Å². The fourth-order valence-corrected chi connectivity index (χ4v) is 5.95. The van der Waals surface area contributed by atoms with Crippen LogP contribution in [0.4, 0.5) is 5.82 Å². The summed E-state index contributed by atoms with van der Waals surface area (Å²) in [6.45, 7) is 17.6. The zero-order valence-electron chi connectivity index (χ0n) is 26.6. The van der Waals surface area contributed by atoms with Gasteiger partial charge in [-0.1, -0.05) is 27.2 Å². The second kappa shape index (κ2) is 18.1. The van der Waals surface area contributed by atoms with Gasteiger partial charge in [-0.25, -0.2) is 9.97 Å². The molecule has 0 aromatic carbocycles. The van der Waals surface area contributed by atoms with E-state index in [4.69, 9.17) is 21.1 Å². The van der Waals surface area contributed by atoms with E-state index in [9.17, 15) is 5.26 Å². The topological polar surface area (TPSA) is 166 Å². The summed E-state index contributed by atoms with van der Waals surface area (Å²) in [5, 5.41) is 24.7. The van der Waals surface area contributed by atoms with E-state index >= 15 is 0 Å². The molecule has 2 aromatic rings. The lowest BCUT2D eigenvalue weighted by atomic mass is 9.68. The molecule has 2 fully saturated rings. The Morgan fingerprint density at radius 2 is 1.88 bits per heavy atom. The number of nitrogens with one attached hydrogen (secondary N) is 3. The molecule has 2 saturated heterocycles. The van der Waals surface area contributed by atoms with E-state index in [1.807, 2.05) is 18.3 Å². The van der Waals surface area contributed by atoms with Crippen molar-refractivity contribution in [2.45, 2.75) is 64.8 Å². The first-order valence-corrected chi connectivity index (χ1v) is 15.4. The normalized spacial score (nSPS) is 17.5. The number of nitrogens with zero attached hydrogens (tertiary/aromatic N) is 5. The van der Waals surface area contributed by atoms with Gasteiger partial charge in [-0.05, 0) is 69.3 Å². The highest BCUT2D eigenvalue weighted by atomic mass is 15.2. The largest absolute Gasteiger partial charge is 0.403 e. The van der Waals surface area contributed by atoms with Crippen LogP contribution in [0.5, 0.6) is 0 Å². The van der Waals surface area contributed by atoms with Crippen molar-refractivity contribution in [2.75, 3.05) is 44.7 Å². The van der Waals surface area contributed by atoms with Gasteiger partial charge in [0, 0.05) is 62.0 Å². The van der Waals surface area contributed by atoms with Crippen molar-refractivity contribution < 1.29 is 0 Å². The minimum Gasteiger partial charge on any atom is -0.403 e. The minimum atomic E-state index is -0.229. The van der Waals surface area contributed by atoms with Crippen LogP contribution in [-0.4, -0.2) is 67.0 Å². The molecule has 0 amide bonds. The molecule has 0 saturated carbocycles. The quantitative estimate of drug-likeness (QED) is 0.153. The van der Waals surface area contributed by atoms with Crippen LogP contribution >= 0.6 is 0 Å². The molecule has 2 aliphatic rings. The first-order valence-electron chi connectivity index (χ1n) is 15.4. The third-order valence-electron chi connectivity index (χ3n) is 8.91. The highest BCUT2D eigenvalue weighted by Crippen LogP contribution is 2.42. The lowest BCUT2D eigenvalue weighted by molar-refractivity contribution is 0.132.